The number of carbonyl (C=O) groups excluding carboxylic acids is 1. The van der Waals surface area contributed by atoms with E-state index in [4.69, 9.17) is 18.6 Å². The van der Waals surface area contributed by atoms with Crippen LogP contribution in [0.3, 0.4) is 0 Å². The van der Waals surface area contributed by atoms with Crippen LogP contribution in [0.1, 0.15) is 85.0 Å². The summed E-state index contributed by atoms with van der Waals surface area (Å²) >= 11 is 0. The molecule has 0 aliphatic heterocycles. The van der Waals surface area contributed by atoms with Crippen LogP contribution in [-0.2, 0) is 4.79 Å². The van der Waals surface area contributed by atoms with Crippen molar-refractivity contribution < 1.29 is 23.4 Å². The molecule has 2 aromatic rings. The number of unbranched alkanes of at least 4 members (excludes halogenated alkanes) is 7. The number of allylic oxidation sites excluding steroid dienone is 1. The quantitative estimate of drug-likeness (QED) is 0.117. The SMILES string of the molecule is CC/C=C/CCOc1c(OC(C)=O)c(=O)oc2cc(OCCCCCCCCCC)ccc12. The van der Waals surface area contributed by atoms with Crippen molar-refractivity contribution in [2.45, 2.75) is 85.0 Å². The van der Waals surface area contributed by atoms with Crippen molar-refractivity contribution in [3.8, 4) is 17.2 Å². The van der Waals surface area contributed by atoms with Crippen molar-refractivity contribution in [2.75, 3.05) is 13.2 Å². The third-order valence-corrected chi connectivity index (χ3v) is 5.24. The van der Waals surface area contributed by atoms with Gasteiger partial charge in [-0.15, -0.1) is 0 Å². The average Bonchev–Trinajstić information content (AvgIpc) is 2.79. The van der Waals surface area contributed by atoms with Crippen molar-refractivity contribution in [2.24, 2.45) is 0 Å². The number of esters is 1. The van der Waals surface area contributed by atoms with E-state index in [1.54, 1.807) is 12.1 Å². The monoisotopic (exact) mass is 458 g/mol. The van der Waals surface area contributed by atoms with E-state index < -0.39 is 11.6 Å². The molecule has 0 unspecified atom stereocenters. The lowest BCUT2D eigenvalue weighted by Crippen LogP contribution is -2.13. The van der Waals surface area contributed by atoms with Gasteiger partial charge in [0, 0.05) is 13.0 Å². The van der Waals surface area contributed by atoms with Gasteiger partial charge in [-0.25, -0.2) is 4.79 Å². The Bertz CT molecular complexity index is 944. The zero-order valence-corrected chi connectivity index (χ0v) is 20.3. The Morgan fingerprint density at radius 1 is 0.909 bits per heavy atom. The van der Waals surface area contributed by atoms with E-state index in [1.807, 2.05) is 18.2 Å². The van der Waals surface area contributed by atoms with E-state index in [2.05, 4.69) is 13.8 Å². The smallest absolute Gasteiger partial charge is 0.383 e. The summed E-state index contributed by atoms with van der Waals surface area (Å²) in [5.74, 6) is 0.0198. The molecule has 1 aromatic heterocycles. The maximum atomic E-state index is 12.5. The molecule has 0 aliphatic carbocycles. The molecule has 0 aliphatic rings. The predicted molar refractivity (Wildman–Crippen MR) is 131 cm³/mol. The lowest BCUT2D eigenvalue weighted by molar-refractivity contribution is -0.132. The number of fused-ring (bicyclic) bond motifs is 1. The molecule has 0 spiro atoms. The number of hydrogen-bond acceptors (Lipinski definition) is 6. The lowest BCUT2D eigenvalue weighted by Gasteiger charge is -2.13. The molecule has 1 heterocycles. The van der Waals surface area contributed by atoms with Gasteiger partial charge in [0.25, 0.3) is 5.75 Å². The second-order valence-electron chi connectivity index (χ2n) is 8.14. The van der Waals surface area contributed by atoms with Crippen molar-refractivity contribution in [3.05, 3.63) is 40.8 Å². The second kappa shape index (κ2) is 15.1. The van der Waals surface area contributed by atoms with Crippen LogP contribution < -0.4 is 19.8 Å². The highest BCUT2D eigenvalue weighted by Gasteiger charge is 2.20. The third-order valence-electron chi connectivity index (χ3n) is 5.24. The molecule has 6 nitrogen and oxygen atoms in total. The normalized spacial score (nSPS) is 11.2. The van der Waals surface area contributed by atoms with Gasteiger partial charge in [0.15, 0.2) is 5.75 Å². The summed E-state index contributed by atoms with van der Waals surface area (Å²) in [6.07, 6.45) is 15.6. The Balaban J connectivity index is 2.02. The zero-order valence-electron chi connectivity index (χ0n) is 20.3. The van der Waals surface area contributed by atoms with Gasteiger partial charge in [-0.3, -0.25) is 4.79 Å². The highest BCUT2D eigenvalue weighted by Crippen LogP contribution is 2.35. The van der Waals surface area contributed by atoms with Crippen molar-refractivity contribution >= 4 is 16.9 Å². The van der Waals surface area contributed by atoms with E-state index >= 15 is 0 Å². The van der Waals surface area contributed by atoms with E-state index in [-0.39, 0.29) is 11.5 Å². The molecule has 2 rings (SSSR count). The lowest BCUT2D eigenvalue weighted by atomic mass is 10.1. The first kappa shape index (κ1) is 26.5. The molecule has 182 valence electrons. The molecular weight excluding hydrogens is 420 g/mol. The topological polar surface area (TPSA) is 75.0 Å². The number of carbonyl (C=O) groups is 1. The molecule has 33 heavy (non-hydrogen) atoms. The van der Waals surface area contributed by atoms with Gasteiger partial charge in [-0.2, -0.15) is 0 Å². The van der Waals surface area contributed by atoms with E-state index in [0.29, 0.717) is 36.4 Å². The summed E-state index contributed by atoms with van der Waals surface area (Å²) in [5.41, 5.74) is -0.416. The van der Waals surface area contributed by atoms with Crippen LogP contribution in [0.15, 0.2) is 39.6 Å². The zero-order chi connectivity index (χ0) is 23.9. The molecule has 0 saturated carbocycles. The number of benzene rings is 1. The van der Waals surface area contributed by atoms with Crippen LogP contribution in [0.2, 0.25) is 0 Å². The van der Waals surface area contributed by atoms with Gasteiger partial charge < -0.3 is 18.6 Å². The molecule has 0 bridgehead atoms. The van der Waals surface area contributed by atoms with Crippen LogP contribution in [0, 0.1) is 0 Å². The van der Waals surface area contributed by atoms with Crippen LogP contribution >= 0.6 is 0 Å². The van der Waals surface area contributed by atoms with Gasteiger partial charge in [0.1, 0.15) is 11.3 Å². The second-order valence-corrected chi connectivity index (χ2v) is 8.14. The van der Waals surface area contributed by atoms with Crippen molar-refractivity contribution in [1.29, 1.82) is 0 Å². The van der Waals surface area contributed by atoms with E-state index in [9.17, 15) is 9.59 Å². The molecule has 0 radical (unpaired) electrons. The van der Waals surface area contributed by atoms with Gasteiger partial charge in [0.2, 0.25) is 0 Å². The maximum Gasteiger partial charge on any atom is 0.383 e. The summed E-state index contributed by atoms with van der Waals surface area (Å²) in [5, 5.41) is 0.560. The standard InChI is InChI=1S/C27H38O6/c1-4-6-8-10-11-12-13-15-18-30-22-16-17-23-24(20-22)33-27(29)26(32-21(3)28)25(23)31-19-14-9-7-5-2/h7,9,16-17,20H,4-6,8,10-15,18-19H2,1-3H3/b9-7+. The number of hydrogen-bond donors (Lipinski definition) is 0. The first-order chi connectivity index (χ1) is 16.1. The Morgan fingerprint density at radius 2 is 1.64 bits per heavy atom. The summed E-state index contributed by atoms with van der Waals surface area (Å²) < 4.78 is 22.2. The molecule has 0 fully saturated rings. The maximum absolute atomic E-state index is 12.5. The molecule has 0 amide bonds. The van der Waals surface area contributed by atoms with Gasteiger partial charge in [-0.1, -0.05) is 70.9 Å². The fourth-order valence-electron chi connectivity index (χ4n) is 3.54. The van der Waals surface area contributed by atoms with Crippen LogP contribution in [0.5, 0.6) is 17.2 Å². The molecule has 0 atom stereocenters. The fraction of sp³-hybridized carbons (Fsp3) is 0.556. The first-order valence-electron chi connectivity index (χ1n) is 12.3. The Kier molecular flexibility index (Phi) is 12.2. The van der Waals surface area contributed by atoms with Crippen LogP contribution in [0.25, 0.3) is 11.0 Å². The first-order valence-corrected chi connectivity index (χ1v) is 12.3. The minimum Gasteiger partial charge on any atom is -0.493 e. The largest absolute Gasteiger partial charge is 0.493 e. The Labute approximate surface area is 196 Å². The number of rotatable bonds is 16. The van der Waals surface area contributed by atoms with Crippen molar-refractivity contribution in [1.82, 2.24) is 0 Å². The van der Waals surface area contributed by atoms with Crippen LogP contribution in [-0.4, -0.2) is 19.2 Å². The number of ether oxygens (including phenoxy) is 3. The van der Waals surface area contributed by atoms with Gasteiger partial charge in [0.05, 0.1) is 18.6 Å². The molecular formula is C27H38O6. The average molecular weight is 459 g/mol. The van der Waals surface area contributed by atoms with E-state index in [1.165, 1.54) is 45.4 Å². The van der Waals surface area contributed by atoms with Crippen LogP contribution in [0.4, 0.5) is 0 Å². The molecule has 0 N–H and O–H groups in total. The third kappa shape index (κ3) is 9.32. The minimum absolute atomic E-state index is 0.218. The van der Waals surface area contributed by atoms with E-state index in [0.717, 1.165) is 19.3 Å². The molecule has 0 saturated heterocycles. The highest BCUT2D eigenvalue weighted by molar-refractivity contribution is 5.87. The van der Waals surface area contributed by atoms with Gasteiger partial charge >= 0.3 is 11.6 Å². The summed E-state index contributed by atoms with van der Waals surface area (Å²) in [7, 11) is 0. The molecule has 1 aromatic carbocycles. The fourth-order valence-corrected chi connectivity index (χ4v) is 3.54. The van der Waals surface area contributed by atoms with Crippen molar-refractivity contribution in [3.63, 3.8) is 0 Å². The Morgan fingerprint density at radius 3 is 2.33 bits per heavy atom. The highest BCUT2D eigenvalue weighted by atomic mass is 16.6. The molecule has 6 heteroatoms. The Hall–Kier alpha value is -2.76. The van der Waals surface area contributed by atoms with Gasteiger partial charge in [-0.05, 0) is 31.4 Å². The summed E-state index contributed by atoms with van der Waals surface area (Å²) in [4.78, 5) is 24.0. The summed E-state index contributed by atoms with van der Waals surface area (Å²) in [6, 6.07) is 5.27. The predicted octanol–water partition coefficient (Wildman–Crippen LogP) is 6.97. The summed E-state index contributed by atoms with van der Waals surface area (Å²) in [6.45, 7) is 6.48. The minimum atomic E-state index is -0.753.